The molecule has 1 aliphatic heterocycles. The zero-order valence-corrected chi connectivity index (χ0v) is 8.93. The fraction of sp³-hybridized carbons (Fsp3) is 0.273. The van der Waals surface area contributed by atoms with Crippen molar-refractivity contribution in [2.75, 3.05) is 6.61 Å². The number of oxime groups is 1. The summed E-state index contributed by atoms with van der Waals surface area (Å²) >= 11 is 0. The number of amides is 1. The number of hydrogen-bond acceptors (Lipinski definition) is 4. The van der Waals surface area contributed by atoms with Crippen LogP contribution in [0.3, 0.4) is 0 Å². The molecule has 1 amide bonds. The van der Waals surface area contributed by atoms with Gasteiger partial charge in [-0.1, -0.05) is 35.5 Å². The van der Waals surface area contributed by atoms with Gasteiger partial charge < -0.3 is 4.84 Å². The average molecular weight is 219 g/mol. The second kappa shape index (κ2) is 3.94. The van der Waals surface area contributed by atoms with Crippen LogP contribution in [0.2, 0.25) is 0 Å². The minimum Gasteiger partial charge on any atom is -0.394 e. The summed E-state index contributed by atoms with van der Waals surface area (Å²) < 4.78 is 0. The number of hydrogen-bond donors (Lipinski definition) is 2. The lowest BCUT2D eigenvalue weighted by molar-refractivity contribution is -0.128. The third-order valence-electron chi connectivity index (χ3n) is 2.71. The minimum atomic E-state index is -0.823. The summed E-state index contributed by atoms with van der Waals surface area (Å²) in [6, 6.07) is 9.44. The van der Waals surface area contributed by atoms with Crippen molar-refractivity contribution < 1.29 is 9.63 Å². The highest BCUT2D eigenvalue weighted by Crippen LogP contribution is 2.29. The van der Waals surface area contributed by atoms with Gasteiger partial charge in [0.1, 0.15) is 17.7 Å². The third kappa shape index (κ3) is 1.55. The molecule has 1 unspecified atom stereocenters. The highest BCUT2D eigenvalue weighted by Gasteiger charge is 2.44. The number of carbonyl (C=O) groups is 1. The molecular weight excluding hydrogens is 206 g/mol. The maximum atomic E-state index is 11.7. The van der Waals surface area contributed by atoms with Gasteiger partial charge in [0.25, 0.3) is 0 Å². The molecule has 0 radical (unpaired) electrons. The van der Waals surface area contributed by atoms with Crippen molar-refractivity contribution >= 4 is 11.6 Å². The van der Waals surface area contributed by atoms with E-state index in [0.29, 0.717) is 5.71 Å². The Kier molecular flexibility index (Phi) is 2.62. The maximum absolute atomic E-state index is 11.7. The van der Waals surface area contributed by atoms with Crippen molar-refractivity contribution in [1.82, 2.24) is 5.43 Å². The Morgan fingerprint density at radius 2 is 2.19 bits per heavy atom. The van der Waals surface area contributed by atoms with E-state index >= 15 is 0 Å². The van der Waals surface area contributed by atoms with Crippen LogP contribution in [0, 0.1) is 5.41 Å². The van der Waals surface area contributed by atoms with E-state index in [1.165, 1.54) is 0 Å². The minimum absolute atomic E-state index is 0.209. The molecule has 1 aromatic rings. The van der Waals surface area contributed by atoms with E-state index in [-0.39, 0.29) is 12.5 Å². The normalized spacial score (nSPS) is 23.5. The van der Waals surface area contributed by atoms with Crippen LogP contribution in [0.15, 0.2) is 35.5 Å². The molecule has 1 aliphatic rings. The van der Waals surface area contributed by atoms with E-state index in [4.69, 9.17) is 10.7 Å². The first kappa shape index (κ1) is 10.6. The van der Waals surface area contributed by atoms with Crippen molar-refractivity contribution in [3.63, 3.8) is 0 Å². The summed E-state index contributed by atoms with van der Waals surface area (Å²) in [5, 5.41) is 3.93. The highest BCUT2D eigenvalue weighted by molar-refractivity contribution is 6.16. The first-order valence-electron chi connectivity index (χ1n) is 4.95. The first-order chi connectivity index (χ1) is 7.68. The summed E-state index contributed by atoms with van der Waals surface area (Å²) in [6.07, 6.45) is 0. The number of nitrogens with zero attached hydrogens (tertiary/aromatic N) is 1. The Morgan fingerprint density at radius 3 is 2.81 bits per heavy atom. The molecule has 0 saturated carbocycles. The lowest BCUT2D eigenvalue weighted by atomic mass is 9.82. The van der Waals surface area contributed by atoms with E-state index in [2.05, 4.69) is 10.6 Å². The fourth-order valence-electron chi connectivity index (χ4n) is 1.69. The van der Waals surface area contributed by atoms with Gasteiger partial charge in [0, 0.05) is 5.56 Å². The molecule has 1 aromatic carbocycles. The Labute approximate surface area is 93.2 Å². The number of nitrogens with one attached hydrogen (secondary N) is 1. The lowest BCUT2D eigenvalue weighted by Gasteiger charge is -2.20. The van der Waals surface area contributed by atoms with Crippen molar-refractivity contribution in [2.24, 2.45) is 16.4 Å². The lowest BCUT2D eigenvalue weighted by Crippen LogP contribution is -2.47. The molecule has 84 valence electrons. The van der Waals surface area contributed by atoms with Crippen LogP contribution in [0.25, 0.3) is 0 Å². The molecule has 2 rings (SSSR count). The smallest absolute Gasteiger partial charge is 0.249 e. The first-order valence-corrected chi connectivity index (χ1v) is 4.95. The molecule has 5 heteroatoms. The maximum Gasteiger partial charge on any atom is 0.249 e. The van der Waals surface area contributed by atoms with Crippen molar-refractivity contribution in [3.8, 4) is 0 Å². The Balaban J connectivity index is 2.38. The molecule has 1 atom stereocenters. The number of benzene rings is 1. The van der Waals surface area contributed by atoms with Gasteiger partial charge in [0.05, 0.1) is 0 Å². The number of hydrazine groups is 1. The number of rotatable bonds is 2. The Bertz CT molecular complexity index is 430. The second-order valence-electron chi connectivity index (χ2n) is 3.88. The van der Waals surface area contributed by atoms with E-state index in [1.54, 1.807) is 6.92 Å². The quantitative estimate of drug-likeness (QED) is 0.430. The van der Waals surface area contributed by atoms with Crippen molar-refractivity contribution in [2.45, 2.75) is 6.92 Å². The van der Waals surface area contributed by atoms with E-state index in [9.17, 15) is 4.79 Å². The fourth-order valence-corrected chi connectivity index (χ4v) is 1.69. The summed E-state index contributed by atoms with van der Waals surface area (Å²) in [4.78, 5) is 16.7. The average Bonchev–Trinajstić information content (AvgIpc) is 2.72. The van der Waals surface area contributed by atoms with Gasteiger partial charge in [-0.15, -0.1) is 0 Å². The van der Waals surface area contributed by atoms with Gasteiger partial charge >= 0.3 is 0 Å². The summed E-state index contributed by atoms with van der Waals surface area (Å²) in [5.74, 6) is 4.87. The van der Waals surface area contributed by atoms with Gasteiger partial charge in [0.2, 0.25) is 5.91 Å². The molecular formula is C11H13N3O2. The van der Waals surface area contributed by atoms with Crippen LogP contribution in [-0.2, 0) is 9.63 Å². The molecule has 3 N–H and O–H groups in total. The van der Waals surface area contributed by atoms with Crippen LogP contribution >= 0.6 is 0 Å². The van der Waals surface area contributed by atoms with Crippen molar-refractivity contribution in [3.05, 3.63) is 35.9 Å². The molecule has 0 spiro atoms. The molecule has 16 heavy (non-hydrogen) atoms. The van der Waals surface area contributed by atoms with E-state index in [0.717, 1.165) is 5.56 Å². The van der Waals surface area contributed by atoms with Crippen LogP contribution in [0.1, 0.15) is 12.5 Å². The largest absolute Gasteiger partial charge is 0.394 e. The zero-order valence-electron chi connectivity index (χ0n) is 8.93. The SMILES string of the molecule is CC1(C(=O)NN)CON=C1c1ccccc1. The van der Waals surface area contributed by atoms with Crippen LogP contribution in [0.5, 0.6) is 0 Å². The molecule has 0 fully saturated rings. The highest BCUT2D eigenvalue weighted by atomic mass is 16.6. The number of carbonyl (C=O) groups excluding carboxylic acids is 1. The van der Waals surface area contributed by atoms with E-state index in [1.807, 2.05) is 30.3 Å². The summed E-state index contributed by atoms with van der Waals surface area (Å²) in [6.45, 7) is 1.97. The molecule has 0 bridgehead atoms. The predicted molar refractivity (Wildman–Crippen MR) is 59.4 cm³/mol. The summed E-state index contributed by atoms with van der Waals surface area (Å²) in [7, 11) is 0. The van der Waals surface area contributed by atoms with Crippen molar-refractivity contribution in [1.29, 1.82) is 0 Å². The Hall–Kier alpha value is -1.88. The topological polar surface area (TPSA) is 76.7 Å². The third-order valence-corrected chi connectivity index (χ3v) is 2.71. The van der Waals surface area contributed by atoms with Gasteiger partial charge in [-0.3, -0.25) is 10.2 Å². The Morgan fingerprint density at radius 1 is 1.50 bits per heavy atom. The van der Waals surface area contributed by atoms with Crippen LogP contribution in [0.4, 0.5) is 0 Å². The standard InChI is InChI=1S/C11H13N3O2/c1-11(10(15)13-12)7-16-14-9(11)8-5-3-2-4-6-8/h2-6H,7,12H2,1H3,(H,13,15). The van der Waals surface area contributed by atoms with Gasteiger partial charge in [-0.2, -0.15) is 0 Å². The predicted octanol–water partition coefficient (Wildman–Crippen LogP) is 0.417. The van der Waals surface area contributed by atoms with Gasteiger partial charge in [-0.05, 0) is 6.92 Å². The molecule has 0 aliphatic carbocycles. The number of nitrogens with two attached hydrogens (primary N) is 1. The van der Waals surface area contributed by atoms with Crippen LogP contribution in [-0.4, -0.2) is 18.2 Å². The monoisotopic (exact) mass is 219 g/mol. The second-order valence-corrected chi connectivity index (χ2v) is 3.88. The van der Waals surface area contributed by atoms with Crippen LogP contribution < -0.4 is 11.3 Å². The molecule has 0 aromatic heterocycles. The summed E-state index contributed by atoms with van der Waals surface area (Å²) in [5.41, 5.74) is 2.80. The van der Waals surface area contributed by atoms with Gasteiger partial charge in [-0.25, -0.2) is 5.84 Å². The zero-order chi connectivity index (χ0) is 11.6. The molecule has 0 saturated heterocycles. The molecule has 5 nitrogen and oxygen atoms in total. The van der Waals surface area contributed by atoms with E-state index < -0.39 is 5.41 Å². The molecule has 1 heterocycles. The van der Waals surface area contributed by atoms with Gasteiger partial charge in [0.15, 0.2) is 0 Å².